The Morgan fingerprint density at radius 2 is 1.94 bits per heavy atom. The van der Waals surface area contributed by atoms with Gasteiger partial charge in [0, 0.05) is 6.54 Å². The first-order valence-electron chi connectivity index (χ1n) is 7.55. The van der Waals surface area contributed by atoms with E-state index in [2.05, 4.69) is 31.4 Å². The Hall–Kier alpha value is -0.570. The van der Waals surface area contributed by atoms with Crippen molar-refractivity contribution < 1.29 is 4.79 Å². The Labute approximate surface area is 112 Å². The molecule has 3 heteroatoms. The zero-order chi connectivity index (χ0) is 13.4. The van der Waals surface area contributed by atoms with Crippen LogP contribution in [0, 0.1) is 11.3 Å². The summed E-state index contributed by atoms with van der Waals surface area (Å²) in [5, 5.41) is 6.28. The van der Waals surface area contributed by atoms with Gasteiger partial charge < -0.3 is 10.6 Å². The normalized spacial score (nSPS) is 18.2. The van der Waals surface area contributed by atoms with Gasteiger partial charge in [-0.3, -0.25) is 4.79 Å². The van der Waals surface area contributed by atoms with Crippen LogP contribution in [0.1, 0.15) is 59.3 Å². The second-order valence-corrected chi connectivity index (χ2v) is 6.26. The van der Waals surface area contributed by atoms with Crippen LogP contribution in [-0.4, -0.2) is 25.5 Å². The van der Waals surface area contributed by atoms with E-state index < -0.39 is 0 Å². The zero-order valence-corrected chi connectivity index (χ0v) is 12.3. The van der Waals surface area contributed by atoms with Gasteiger partial charge in [0.05, 0.1) is 6.54 Å². The molecule has 1 rings (SSSR count). The number of amides is 1. The van der Waals surface area contributed by atoms with Gasteiger partial charge in [-0.05, 0) is 43.6 Å². The maximum atomic E-state index is 11.7. The van der Waals surface area contributed by atoms with Crippen LogP contribution in [0.3, 0.4) is 0 Å². The van der Waals surface area contributed by atoms with E-state index in [4.69, 9.17) is 0 Å². The fourth-order valence-electron chi connectivity index (χ4n) is 3.17. The second kappa shape index (κ2) is 7.78. The molecule has 1 aliphatic rings. The number of hydrogen-bond donors (Lipinski definition) is 2. The summed E-state index contributed by atoms with van der Waals surface area (Å²) in [6.45, 7) is 8.93. The molecule has 2 N–H and O–H groups in total. The Bertz CT molecular complexity index is 245. The first-order valence-corrected chi connectivity index (χ1v) is 7.55. The van der Waals surface area contributed by atoms with Crippen molar-refractivity contribution in [2.24, 2.45) is 11.3 Å². The molecule has 0 unspecified atom stereocenters. The molecule has 0 spiro atoms. The van der Waals surface area contributed by atoms with Crippen LogP contribution in [-0.2, 0) is 4.79 Å². The summed E-state index contributed by atoms with van der Waals surface area (Å²) in [7, 11) is 0. The SMILES string of the molecule is CCCNCC(=O)NCC1(CC(C)C)CCCC1. The predicted octanol–water partition coefficient (Wildman–Crippen LogP) is 2.71. The van der Waals surface area contributed by atoms with Crippen LogP contribution in [0.2, 0.25) is 0 Å². The molecule has 0 aromatic heterocycles. The van der Waals surface area contributed by atoms with Gasteiger partial charge in [-0.15, -0.1) is 0 Å². The molecule has 1 amide bonds. The third kappa shape index (κ3) is 5.38. The topological polar surface area (TPSA) is 41.1 Å². The summed E-state index contributed by atoms with van der Waals surface area (Å²) in [5.74, 6) is 0.872. The molecule has 0 atom stereocenters. The fourth-order valence-corrected chi connectivity index (χ4v) is 3.17. The Kier molecular flexibility index (Phi) is 6.69. The lowest BCUT2D eigenvalue weighted by molar-refractivity contribution is -0.120. The molecule has 106 valence electrons. The van der Waals surface area contributed by atoms with E-state index >= 15 is 0 Å². The summed E-state index contributed by atoms with van der Waals surface area (Å²) in [6.07, 6.45) is 7.55. The lowest BCUT2D eigenvalue weighted by atomic mass is 9.78. The van der Waals surface area contributed by atoms with Crippen molar-refractivity contribution in [2.45, 2.75) is 59.3 Å². The molecule has 0 aliphatic heterocycles. The van der Waals surface area contributed by atoms with E-state index in [1.165, 1.54) is 32.1 Å². The van der Waals surface area contributed by atoms with E-state index in [1.54, 1.807) is 0 Å². The first kappa shape index (κ1) is 15.5. The standard InChI is InChI=1S/C15H30N2O/c1-4-9-16-11-14(18)17-12-15(10-13(2)3)7-5-6-8-15/h13,16H,4-12H2,1-3H3,(H,17,18). The van der Waals surface area contributed by atoms with Gasteiger partial charge in [0.1, 0.15) is 0 Å². The van der Waals surface area contributed by atoms with Crippen molar-refractivity contribution in [3.05, 3.63) is 0 Å². The van der Waals surface area contributed by atoms with Crippen molar-refractivity contribution >= 4 is 5.91 Å². The van der Waals surface area contributed by atoms with Crippen LogP contribution >= 0.6 is 0 Å². The second-order valence-electron chi connectivity index (χ2n) is 6.26. The maximum absolute atomic E-state index is 11.7. The van der Waals surface area contributed by atoms with Crippen LogP contribution < -0.4 is 10.6 Å². The number of carbonyl (C=O) groups is 1. The molecule has 0 aromatic carbocycles. The molecule has 0 saturated heterocycles. The zero-order valence-electron chi connectivity index (χ0n) is 12.3. The van der Waals surface area contributed by atoms with Gasteiger partial charge in [-0.1, -0.05) is 33.6 Å². The van der Waals surface area contributed by atoms with Crippen LogP contribution in [0.25, 0.3) is 0 Å². The van der Waals surface area contributed by atoms with E-state index in [0.717, 1.165) is 25.4 Å². The van der Waals surface area contributed by atoms with Crippen molar-refractivity contribution in [3.8, 4) is 0 Å². The summed E-state index contributed by atoms with van der Waals surface area (Å²) < 4.78 is 0. The minimum absolute atomic E-state index is 0.151. The number of nitrogens with one attached hydrogen (secondary N) is 2. The summed E-state index contributed by atoms with van der Waals surface area (Å²) >= 11 is 0. The predicted molar refractivity (Wildman–Crippen MR) is 76.5 cm³/mol. The molecular weight excluding hydrogens is 224 g/mol. The van der Waals surface area contributed by atoms with Crippen molar-refractivity contribution in [3.63, 3.8) is 0 Å². The lowest BCUT2D eigenvalue weighted by Gasteiger charge is -2.31. The minimum atomic E-state index is 0.151. The molecule has 18 heavy (non-hydrogen) atoms. The molecule has 1 aliphatic carbocycles. The van der Waals surface area contributed by atoms with Crippen molar-refractivity contribution in [1.82, 2.24) is 10.6 Å². The minimum Gasteiger partial charge on any atom is -0.354 e. The summed E-state index contributed by atoms with van der Waals surface area (Å²) in [6, 6.07) is 0. The highest BCUT2D eigenvalue weighted by atomic mass is 16.1. The molecule has 0 aromatic rings. The molecule has 1 saturated carbocycles. The van der Waals surface area contributed by atoms with Gasteiger partial charge >= 0.3 is 0 Å². The van der Waals surface area contributed by atoms with Crippen LogP contribution in [0.15, 0.2) is 0 Å². The van der Waals surface area contributed by atoms with E-state index in [-0.39, 0.29) is 5.91 Å². The highest BCUT2D eigenvalue weighted by Gasteiger charge is 2.34. The monoisotopic (exact) mass is 254 g/mol. The van der Waals surface area contributed by atoms with Crippen LogP contribution in [0.4, 0.5) is 0 Å². The lowest BCUT2D eigenvalue weighted by Crippen LogP contribution is -2.41. The highest BCUT2D eigenvalue weighted by Crippen LogP contribution is 2.42. The fraction of sp³-hybridized carbons (Fsp3) is 0.933. The van der Waals surface area contributed by atoms with Crippen molar-refractivity contribution in [2.75, 3.05) is 19.6 Å². The quantitative estimate of drug-likeness (QED) is 0.654. The average Bonchev–Trinajstić information content (AvgIpc) is 2.75. The highest BCUT2D eigenvalue weighted by molar-refractivity contribution is 5.78. The summed E-state index contributed by atoms with van der Waals surface area (Å²) in [5.41, 5.74) is 0.384. The Morgan fingerprint density at radius 1 is 1.28 bits per heavy atom. The van der Waals surface area contributed by atoms with Gasteiger partial charge in [-0.2, -0.15) is 0 Å². The molecule has 0 bridgehead atoms. The van der Waals surface area contributed by atoms with E-state index in [0.29, 0.717) is 12.0 Å². The molecule has 0 radical (unpaired) electrons. The van der Waals surface area contributed by atoms with Gasteiger partial charge in [0.2, 0.25) is 5.91 Å². The average molecular weight is 254 g/mol. The number of hydrogen-bond acceptors (Lipinski definition) is 2. The Balaban J connectivity index is 2.31. The molecule has 0 heterocycles. The number of rotatable bonds is 8. The number of carbonyl (C=O) groups excluding carboxylic acids is 1. The smallest absolute Gasteiger partial charge is 0.233 e. The largest absolute Gasteiger partial charge is 0.354 e. The first-order chi connectivity index (χ1) is 8.58. The molecule has 3 nitrogen and oxygen atoms in total. The third-order valence-electron chi connectivity index (χ3n) is 3.88. The van der Waals surface area contributed by atoms with Gasteiger partial charge in [0.25, 0.3) is 0 Å². The molecule has 1 fully saturated rings. The Morgan fingerprint density at radius 3 is 2.50 bits per heavy atom. The van der Waals surface area contributed by atoms with E-state index in [9.17, 15) is 4.79 Å². The van der Waals surface area contributed by atoms with Crippen LogP contribution in [0.5, 0.6) is 0 Å². The maximum Gasteiger partial charge on any atom is 0.233 e. The van der Waals surface area contributed by atoms with E-state index in [1.807, 2.05) is 0 Å². The van der Waals surface area contributed by atoms with Gasteiger partial charge in [-0.25, -0.2) is 0 Å². The van der Waals surface area contributed by atoms with Gasteiger partial charge in [0.15, 0.2) is 0 Å². The third-order valence-corrected chi connectivity index (χ3v) is 3.88. The molecular formula is C15H30N2O. The summed E-state index contributed by atoms with van der Waals surface area (Å²) in [4.78, 5) is 11.7. The van der Waals surface area contributed by atoms with Crippen molar-refractivity contribution in [1.29, 1.82) is 0 Å².